The summed E-state index contributed by atoms with van der Waals surface area (Å²) in [6, 6.07) is 18.1. The van der Waals surface area contributed by atoms with E-state index in [0.29, 0.717) is 49.3 Å². The lowest BCUT2D eigenvalue weighted by atomic mass is 9.95. The topological polar surface area (TPSA) is 79.1 Å². The first-order chi connectivity index (χ1) is 21.1. The third kappa shape index (κ3) is 6.98. The number of thiazole rings is 1. The number of carbonyl (C=O) groups excluding carboxylic acids is 1. The minimum absolute atomic E-state index is 0.109. The SMILES string of the molecule is CCOC(=O)C1=C(C)N=c2s/c(=C/c3cc(Br)c(OCc4ccc(Cl)cc4)c(I)c3)c(=O)n2[C@H]1c1ccccc1OC(C)C. The third-order valence-corrected chi connectivity index (χ3v) is 9.33. The summed E-state index contributed by atoms with van der Waals surface area (Å²) >= 11 is 13.1. The van der Waals surface area contributed by atoms with Crippen molar-refractivity contribution >= 4 is 73.5 Å². The number of aromatic nitrogens is 1. The number of halogens is 3. The first-order valence-corrected chi connectivity index (χ1v) is 17.0. The largest absolute Gasteiger partial charge is 0.491 e. The Bertz CT molecular complexity index is 1910. The van der Waals surface area contributed by atoms with E-state index in [0.717, 1.165) is 19.2 Å². The molecule has 0 bridgehead atoms. The first-order valence-electron chi connectivity index (χ1n) is 13.9. The van der Waals surface area contributed by atoms with Crippen molar-refractivity contribution in [3.05, 3.63) is 121 Å². The maximum atomic E-state index is 14.1. The van der Waals surface area contributed by atoms with Crippen LogP contribution in [0.5, 0.6) is 11.5 Å². The zero-order valence-electron chi connectivity index (χ0n) is 24.4. The molecule has 1 aliphatic rings. The van der Waals surface area contributed by atoms with E-state index in [1.807, 2.05) is 80.6 Å². The molecule has 4 aromatic rings. The highest BCUT2D eigenvalue weighted by Gasteiger charge is 2.35. The van der Waals surface area contributed by atoms with Gasteiger partial charge in [0.25, 0.3) is 5.56 Å². The molecule has 44 heavy (non-hydrogen) atoms. The fraction of sp³-hybridized carbons (Fsp3) is 0.242. The van der Waals surface area contributed by atoms with Gasteiger partial charge in [-0.1, -0.05) is 53.3 Å². The van der Waals surface area contributed by atoms with Crippen LogP contribution in [0.2, 0.25) is 5.02 Å². The van der Waals surface area contributed by atoms with E-state index < -0.39 is 12.0 Å². The van der Waals surface area contributed by atoms with Crippen molar-refractivity contribution in [2.75, 3.05) is 6.61 Å². The predicted octanol–water partition coefficient (Wildman–Crippen LogP) is 7.19. The van der Waals surface area contributed by atoms with Gasteiger partial charge in [-0.05, 0) is 114 Å². The number of ether oxygens (including phenoxy) is 3. The van der Waals surface area contributed by atoms with Gasteiger partial charge in [0.05, 0.1) is 36.6 Å². The van der Waals surface area contributed by atoms with Crippen LogP contribution in [0.4, 0.5) is 0 Å². The summed E-state index contributed by atoms with van der Waals surface area (Å²) in [4.78, 5) is 32.6. The van der Waals surface area contributed by atoms with E-state index >= 15 is 0 Å². The van der Waals surface area contributed by atoms with Gasteiger partial charge >= 0.3 is 5.97 Å². The van der Waals surface area contributed by atoms with Crippen LogP contribution in [-0.2, 0) is 16.1 Å². The average Bonchev–Trinajstić information content (AvgIpc) is 3.26. The number of carbonyl (C=O) groups is 1. The molecule has 1 aliphatic heterocycles. The molecule has 0 N–H and O–H groups in total. The summed E-state index contributed by atoms with van der Waals surface area (Å²) < 4.78 is 21.3. The van der Waals surface area contributed by atoms with Crippen molar-refractivity contribution in [1.82, 2.24) is 4.57 Å². The summed E-state index contributed by atoms with van der Waals surface area (Å²) in [5.74, 6) is 0.780. The van der Waals surface area contributed by atoms with Crippen LogP contribution in [0.1, 0.15) is 50.4 Å². The number of esters is 1. The van der Waals surface area contributed by atoms with Crippen LogP contribution < -0.4 is 24.4 Å². The monoisotopic (exact) mass is 806 g/mol. The quantitative estimate of drug-likeness (QED) is 0.132. The second kappa shape index (κ2) is 14.0. The second-order valence-corrected chi connectivity index (χ2v) is 13.7. The maximum Gasteiger partial charge on any atom is 0.338 e. The molecular formula is C33H29BrClIN2O5S. The summed E-state index contributed by atoms with van der Waals surface area (Å²) in [5.41, 5.74) is 3.04. The fourth-order valence-corrected chi connectivity index (χ4v) is 7.78. The van der Waals surface area contributed by atoms with Crippen LogP contribution >= 0.6 is 61.5 Å². The van der Waals surface area contributed by atoms with E-state index in [4.69, 9.17) is 25.8 Å². The highest BCUT2D eigenvalue weighted by Crippen LogP contribution is 2.36. The van der Waals surface area contributed by atoms with Crippen molar-refractivity contribution in [1.29, 1.82) is 0 Å². The standard InChI is InChI=1S/C33H29BrClIN2O5S/c1-5-41-32(40)28-19(4)37-33-38(29(28)23-8-6-7-9-26(23)43-18(2)3)31(39)27(44-33)16-21-14-24(34)30(25(36)15-21)42-17-20-10-12-22(35)13-11-20/h6-16,18,29H,5,17H2,1-4H3/b27-16+/t29-/m0/s1. The van der Waals surface area contributed by atoms with Crippen molar-refractivity contribution in [2.45, 2.75) is 46.4 Å². The molecule has 11 heteroatoms. The van der Waals surface area contributed by atoms with Crippen LogP contribution in [0.25, 0.3) is 6.08 Å². The molecule has 228 valence electrons. The lowest BCUT2D eigenvalue weighted by Gasteiger charge is -2.26. The molecule has 0 saturated heterocycles. The van der Waals surface area contributed by atoms with Crippen LogP contribution in [0, 0.1) is 3.57 Å². The average molecular weight is 808 g/mol. The third-order valence-electron chi connectivity index (χ3n) is 6.71. The Kier molecular flexibility index (Phi) is 10.3. The summed E-state index contributed by atoms with van der Waals surface area (Å²) in [6.45, 7) is 7.97. The van der Waals surface area contributed by atoms with Gasteiger partial charge in [-0.2, -0.15) is 0 Å². The summed E-state index contributed by atoms with van der Waals surface area (Å²) in [6.07, 6.45) is 1.72. The molecule has 0 fully saturated rings. The smallest absolute Gasteiger partial charge is 0.338 e. The molecule has 3 aromatic carbocycles. The van der Waals surface area contributed by atoms with E-state index in [1.165, 1.54) is 11.3 Å². The van der Waals surface area contributed by atoms with Crippen LogP contribution in [0.3, 0.4) is 0 Å². The van der Waals surface area contributed by atoms with E-state index in [2.05, 4.69) is 43.5 Å². The molecule has 2 heterocycles. The number of fused-ring (bicyclic) bond motifs is 1. The van der Waals surface area contributed by atoms with Crippen LogP contribution in [-0.4, -0.2) is 23.2 Å². The van der Waals surface area contributed by atoms with Gasteiger partial charge in [-0.3, -0.25) is 9.36 Å². The van der Waals surface area contributed by atoms with Gasteiger partial charge in [0.1, 0.15) is 24.1 Å². The summed E-state index contributed by atoms with van der Waals surface area (Å²) in [5, 5.41) is 0.672. The molecular weight excluding hydrogens is 779 g/mol. The van der Waals surface area contributed by atoms with Gasteiger partial charge in [0, 0.05) is 10.6 Å². The molecule has 0 aliphatic carbocycles. The molecule has 0 spiro atoms. The molecule has 1 atom stereocenters. The van der Waals surface area contributed by atoms with Crippen molar-refractivity contribution in [2.24, 2.45) is 4.99 Å². The lowest BCUT2D eigenvalue weighted by Crippen LogP contribution is -2.40. The normalized spacial score (nSPS) is 14.8. The minimum atomic E-state index is -0.766. The van der Waals surface area contributed by atoms with Crippen molar-refractivity contribution in [3.8, 4) is 11.5 Å². The Morgan fingerprint density at radius 2 is 1.91 bits per heavy atom. The summed E-state index contributed by atoms with van der Waals surface area (Å²) in [7, 11) is 0. The van der Waals surface area contributed by atoms with Crippen molar-refractivity contribution < 1.29 is 19.0 Å². The molecule has 7 nitrogen and oxygen atoms in total. The highest BCUT2D eigenvalue weighted by molar-refractivity contribution is 14.1. The molecule has 0 unspecified atom stereocenters. The first kappa shape index (κ1) is 32.5. The van der Waals surface area contributed by atoms with Gasteiger partial charge in [0.15, 0.2) is 4.80 Å². The Balaban J connectivity index is 1.58. The maximum absolute atomic E-state index is 14.1. The van der Waals surface area contributed by atoms with E-state index in [1.54, 1.807) is 18.4 Å². The number of benzene rings is 3. The zero-order valence-corrected chi connectivity index (χ0v) is 29.7. The Hall–Kier alpha value is -2.93. The molecule has 0 saturated carbocycles. The molecule has 1 aromatic heterocycles. The lowest BCUT2D eigenvalue weighted by molar-refractivity contribution is -0.139. The molecule has 0 amide bonds. The molecule has 0 radical (unpaired) electrons. The number of rotatable bonds is 9. The minimum Gasteiger partial charge on any atom is -0.491 e. The van der Waals surface area contributed by atoms with Gasteiger partial charge in [-0.15, -0.1) is 0 Å². The van der Waals surface area contributed by atoms with E-state index in [9.17, 15) is 9.59 Å². The van der Waals surface area contributed by atoms with E-state index in [-0.39, 0.29) is 18.3 Å². The number of hydrogen-bond acceptors (Lipinski definition) is 7. The highest BCUT2D eigenvalue weighted by atomic mass is 127. The van der Waals surface area contributed by atoms with Crippen LogP contribution in [0.15, 0.2) is 86.2 Å². The molecule has 5 rings (SSSR count). The predicted molar refractivity (Wildman–Crippen MR) is 185 cm³/mol. The number of nitrogens with zero attached hydrogens (tertiary/aromatic N) is 2. The zero-order chi connectivity index (χ0) is 31.5. The number of para-hydroxylation sites is 1. The fourth-order valence-electron chi connectivity index (χ4n) is 4.84. The Morgan fingerprint density at radius 3 is 2.59 bits per heavy atom. The van der Waals surface area contributed by atoms with Crippen molar-refractivity contribution in [3.63, 3.8) is 0 Å². The van der Waals surface area contributed by atoms with Gasteiger partial charge in [-0.25, -0.2) is 9.79 Å². The van der Waals surface area contributed by atoms with Gasteiger partial charge < -0.3 is 14.2 Å². The Labute approximate surface area is 286 Å². The van der Waals surface area contributed by atoms with Gasteiger partial charge in [0.2, 0.25) is 0 Å². The second-order valence-electron chi connectivity index (χ2n) is 10.2. The number of allylic oxidation sites excluding steroid dienone is 1. The number of hydrogen-bond donors (Lipinski definition) is 0. The Morgan fingerprint density at radius 1 is 1.18 bits per heavy atom.